The van der Waals surface area contributed by atoms with Crippen molar-refractivity contribution in [2.45, 2.75) is 32.1 Å². The number of H-pyrrole nitrogens is 1. The Bertz CT molecular complexity index is 915. The van der Waals surface area contributed by atoms with E-state index in [0.717, 1.165) is 22.4 Å². The summed E-state index contributed by atoms with van der Waals surface area (Å²) in [7, 11) is 0. The number of carbonyl (C=O) groups is 1. The fourth-order valence-corrected chi connectivity index (χ4v) is 3.76. The average Bonchev–Trinajstić information content (AvgIpc) is 3.28. The lowest BCUT2D eigenvalue weighted by atomic mass is 9.89. The number of hydrogen-bond acceptors (Lipinski definition) is 3. The van der Waals surface area contributed by atoms with E-state index < -0.39 is 0 Å². The maximum Gasteiger partial charge on any atom is 0.412 e. The zero-order valence-electron chi connectivity index (χ0n) is 15.9. The standard InChI is InChI=1S/C23H25N3O2/c27-23(26-14-17-6-2-1-3-7-17)28-21-9-4-8-18(13-21)19-12-20(16-24-15-19)22-10-5-11-25-22/h4-5,8-13,15-17,25H,1-3,6-7,14H2,(H,26,27). The number of carbonyl (C=O) groups excluding carboxylic acids is 1. The molecule has 0 spiro atoms. The second-order valence-corrected chi connectivity index (χ2v) is 7.35. The van der Waals surface area contributed by atoms with Crippen molar-refractivity contribution in [3.05, 3.63) is 61.1 Å². The highest BCUT2D eigenvalue weighted by atomic mass is 16.6. The van der Waals surface area contributed by atoms with Gasteiger partial charge in [-0.15, -0.1) is 0 Å². The Hall–Kier alpha value is -3.08. The molecule has 1 fully saturated rings. The summed E-state index contributed by atoms with van der Waals surface area (Å²) in [5, 5.41) is 2.91. The molecular weight excluding hydrogens is 350 g/mol. The van der Waals surface area contributed by atoms with Crippen molar-refractivity contribution in [3.8, 4) is 28.1 Å². The van der Waals surface area contributed by atoms with Gasteiger partial charge in [-0.1, -0.05) is 31.4 Å². The monoisotopic (exact) mass is 375 g/mol. The van der Waals surface area contributed by atoms with Crippen LogP contribution in [-0.4, -0.2) is 22.6 Å². The van der Waals surface area contributed by atoms with Gasteiger partial charge in [0.2, 0.25) is 0 Å². The lowest BCUT2D eigenvalue weighted by Crippen LogP contribution is -2.32. The first-order chi connectivity index (χ1) is 13.8. The molecule has 1 aromatic carbocycles. The molecule has 0 unspecified atom stereocenters. The highest BCUT2D eigenvalue weighted by molar-refractivity contribution is 5.73. The van der Waals surface area contributed by atoms with Crippen LogP contribution in [0.2, 0.25) is 0 Å². The molecule has 28 heavy (non-hydrogen) atoms. The van der Waals surface area contributed by atoms with Gasteiger partial charge in [0.15, 0.2) is 0 Å². The van der Waals surface area contributed by atoms with Crippen LogP contribution in [0.15, 0.2) is 61.1 Å². The van der Waals surface area contributed by atoms with Crippen molar-refractivity contribution in [2.75, 3.05) is 6.54 Å². The minimum atomic E-state index is -0.388. The van der Waals surface area contributed by atoms with E-state index in [1.54, 1.807) is 6.07 Å². The van der Waals surface area contributed by atoms with Gasteiger partial charge in [0.25, 0.3) is 0 Å². The van der Waals surface area contributed by atoms with Crippen LogP contribution in [0.3, 0.4) is 0 Å². The number of pyridine rings is 1. The number of ether oxygens (including phenoxy) is 1. The molecule has 5 nitrogen and oxygen atoms in total. The average molecular weight is 375 g/mol. The van der Waals surface area contributed by atoms with Gasteiger partial charge in [0, 0.05) is 42.0 Å². The predicted molar refractivity (Wildman–Crippen MR) is 110 cm³/mol. The molecule has 2 aromatic heterocycles. The zero-order chi connectivity index (χ0) is 19.2. The Morgan fingerprint density at radius 2 is 1.89 bits per heavy atom. The Balaban J connectivity index is 1.41. The van der Waals surface area contributed by atoms with Gasteiger partial charge in [-0.25, -0.2) is 4.79 Å². The van der Waals surface area contributed by atoms with Crippen molar-refractivity contribution >= 4 is 6.09 Å². The second kappa shape index (κ2) is 8.74. The van der Waals surface area contributed by atoms with E-state index in [4.69, 9.17) is 4.74 Å². The summed E-state index contributed by atoms with van der Waals surface area (Å²) in [5.74, 6) is 1.11. The van der Waals surface area contributed by atoms with Gasteiger partial charge in [-0.05, 0) is 54.7 Å². The second-order valence-electron chi connectivity index (χ2n) is 7.35. The number of aromatic nitrogens is 2. The first kappa shape index (κ1) is 18.3. The van der Waals surface area contributed by atoms with Crippen molar-refractivity contribution in [1.82, 2.24) is 15.3 Å². The van der Waals surface area contributed by atoms with Crippen LogP contribution in [-0.2, 0) is 0 Å². The van der Waals surface area contributed by atoms with Crippen molar-refractivity contribution in [2.24, 2.45) is 5.92 Å². The van der Waals surface area contributed by atoms with Gasteiger partial charge < -0.3 is 15.0 Å². The quantitative estimate of drug-likeness (QED) is 0.626. The van der Waals surface area contributed by atoms with Crippen LogP contribution in [0, 0.1) is 5.92 Å². The molecule has 0 atom stereocenters. The first-order valence-corrected chi connectivity index (χ1v) is 9.93. The number of aromatic amines is 1. The molecule has 1 aliphatic carbocycles. The van der Waals surface area contributed by atoms with Gasteiger partial charge in [0.05, 0.1) is 0 Å². The maximum absolute atomic E-state index is 12.2. The molecule has 0 saturated heterocycles. The maximum atomic E-state index is 12.2. The smallest absolute Gasteiger partial charge is 0.410 e. The van der Waals surface area contributed by atoms with E-state index in [9.17, 15) is 4.79 Å². The summed E-state index contributed by atoms with van der Waals surface area (Å²) in [6, 6.07) is 13.6. The van der Waals surface area contributed by atoms with Crippen LogP contribution in [0.5, 0.6) is 5.75 Å². The summed E-state index contributed by atoms with van der Waals surface area (Å²) in [6.07, 6.45) is 11.4. The van der Waals surface area contributed by atoms with E-state index in [1.807, 2.05) is 48.9 Å². The molecule has 2 N–H and O–H groups in total. The van der Waals surface area contributed by atoms with Crippen molar-refractivity contribution in [3.63, 3.8) is 0 Å². The van der Waals surface area contributed by atoms with Gasteiger partial charge in [-0.3, -0.25) is 4.98 Å². The molecule has 1 saturated carbocycles. The highest BCUT2D eigenvalue weighted by Gasteiger charge is 2.15. The third-order valence-corrected chi connectivity index (χ3v) is 5.28. The van der Waals surface area contributed by atoms with Crippen LogP contribution in [0.1, 0.15) is 32.1 Å². The fraction of sp³-hybridized carbons (Fsp3) is 0.304. The molecule has 4 rings (SSSR count). The normalized spacial score (nSPS) is 14.6. The van der Waals surface area contributed by atoms with Gasteiger partial charge in [-0.2, -0.15) is 0 Å². The SMILES string of the molecule is O=C(NCC1CCCCC1)Oc1cccc(-c2cncc(-c3ccc[nH]3)c2)c1. The molecule has 5 heteroatoms. The minimum absolute atomic E-state index is 0.388. The van der Waals surface area contributed by atoms with E-state index in [2.05, 4.69) is 21.4 Å². The van der Waals surface area contributed by atoms with E-state index in [-0.39, 0.29) is 6.09 Å². The summed E-state index contributed by atoms with van der Waals surface area (Å²) < 4.78 is 5.49. The fourth-order valence-electron chi connectivity index (χ4n) is 3.76. The van der Waals surface area contributed by atoms with Crippen molar-refractivity contribution < 1.29 is 9.53 Å². The van der Waals surface area contributed by atoms with Gasteiger partial charge >= 0.3 is 6.09 Å². The number of rotatable bonds is 5. The Morgan fingerprint density at radius 3 is 2.71 bits per heavy atom. The third kappa shape index (κ3) is 4.60. The van der Waals surface area contributed by atoms with Gasteiger partial charge in [0.1, 0.15) is 5.75 Å². The minimum Gasteiger partial charge on any atom is -0.410 e. The molecular formula is C23H25N3O2. The summed E-state index contributed by atoms with van der Waals surface area (Å²) in [5.41, 5.74) is 3.96. The zero-order valence-corrected chi connectivity index (χ0v) is 15.9. The molecule has 0 bridgehead atoms. The first-order valence-electron chi connectivity index (χ1n) is 9.93. The number of hydrogen-bond donors (Lipinski definition) is 2. The van der Waals surface area contributed by atoms with Crippen LogP contribution in [0.25, 0.3) is 22.4 Å². The predicted octanol–water partition coefficient (Wildman–Crippen LogP) is 5.41. The van der Waals surface area contributed by atoms with E-state index in [1.165, 1.54) is 32.1 Å². The molecule has 3 aromatic rings. The van der Waals surface area contributed by atoms with Crippen molar-refractivity contribution in [1.29, 1.82) is 0 Å². The lowest BCUT2D eigenvalue weighted by Gasteiger charge is -2.21. The van der Waals surface area contributed by atoms with E-state index in [0.29, 0.717) is 18.2 Å². The van der Waals surface area contributed by atoms with Crippen LogP contribution < -0.4 is 10.1 Å². The van der Waals surface area contributed by atoms with Crippen LogP contribution in [0.4, 0.5) is 4.79 Å². The van der Waals surface area contributed by atoms with Crippen LogP contribution >= 0.6 is 0 Å². The molecule has 1 aliphatic rings. The molecule has 0 radical (unpaired) electrons. The Kier molecular flexibility index (Phi) is 5.71. The molecule has 0 aliphatic heterocycles. The number of nitrogens with zero attached hydrogens (tertiary/aromatic N) is 1. The Labute approximate surface area is 165 Å². The highest BCUT2D eigenvalue weighted by Crippen LogP contribution is 2.27. The topological polar surface area (TPSA) is 67.0 Å². The number of benzene rings is 1. The number of amides is 1. The Morgan fingerprint density at radius 1 is 1.04 bits per heavy atom. The third-order valence-electron chi connectivity index (χ3n) is 5.28. The molecule has 144 valence electrons. The lowest BCUT2D eigenvalue weighted by molar-refractivity contribution is 0.196. The largest absolute Gasteiger partial charge is 0.412 e. The molecule has 1 amide bonds. The van der Waals surface area contributed by atoms with E-state index >= 15 is 0 Å². The summed E-state index contributed by atoms with van der Waals surface area (Å²) >= 11 is 0. The summed E-state index contributed by atoms with van der Waals surface area (Å²) in [6.45, 7) is 0.695. The number of nitrogens with one attached hydrogen (secondary N) is 2. The molecule has 2 heterocycles. The summed E-state index contributed by atoms with van der Waals surface area (Å²) in [4.78, 5) is 19.7.